The molecule has 0 bridgehead atoms. The van der Waals surface area contributed by atoms with Crippen molar-refractivity contribution in [3.63, 3.8) is 0 Å². The monoisotopic (exact) mass is 439 g/mol. The second-order valence-electron chi connectivity index (χ2n) is 7.99. The first-order valence-electron chi connectivity index (χ1n) is 10.7. The van der Waals surface area contributed by atoms with Crippen LogP contribution in [-0.2, 0) is 6.54 Å². The van der Waals surface area contributed by atoms with Crippen LogP contribution in [0.5, 0.6) is 11.6 Å². The van der Waals surface area contributed by atoms with E-state index in [9.17, 15) is 4.79 Å². The molecule has 0 unspecified atom stereocenters. The van der Waals surface area contributed by atoms with E-state index in [-0.39, 0.29) is 12.3 Å². The molecule has 2 aromatic carbocycles. The Morgan fingerprint density at radius 2 is 1.88 bits per heavy atom. The van der Waals surface area contributed by atoms with Gasteiger partial charge in [-0.25, -0.2) is 9.78 Å². The number of nitrogens with zero attached hydrogens (tertiary/aromatic N) is 3. The molecule has 4 aromatic rings. The van der Waals surface area contributed by atoms with E-state index in [1.165, 1.54) is 5.56 Å². The zero-order chi connectivity index (χ0) is 23.4. The van der Waals surface area contributed by atoms with Crippen molar-refractivity contribution in [2.75, 3.05) is 13.7 Å². The third-order valence-corrected chi connectivity index (χ3v) is 5.47. The molecule has 2 heterocycles. The topological polar surface area (TPSA) is 66.2 Å². The van der Waals surface area contributed by atoms with E-state index < -0.39 is 0 Å². The Hall–Kier alpha value is -4.11. The SMILES string of the molecule is C#CCOc1ccc2c(c1)c(-c1ccc(C(C)C)cc1)nc(=O)n2Cc1ccc(OC)nc1. The summed E-state index contributed by atoms with van der Waals surface area (Å²) in [7, 11) is 1.57. The highest BCUT2D eigenvalue weighted by molar-refractivity contribution is 5.93. The summed E-state index contributed by atoms with van der Waals surface area (Å²) in [4.78, 5) is 21.8. The second-order valence-corrected chi connectivity index (χ2v) is 7.99. The Kier molecular flexibility index (Phi) is 6.41. The minimum atomic E-state index is -0.335. The van der Waals surface area contributed by atoms with E-state index in [1.54, 1.807) is 23.9 Å². The number of pyridine rings is 1. The van der Waals surface area contributed by atoms with Crippen LogP contribution >= 0.6 is 0 Å². The van der Waals surface area contributed by atoms with Gasteiger partial charge in [0.1, 0.15) is 12.4 Å². The van der Waals surface area contributed by atoms with Gasteiger partial charge in [0.2, 0.25) is 5.88 Å². The maximum absolute atomic E-state index is 13.1. The van der Waals surface area contributed by atoms with Gasteiger partial charge in [0, 0.05) is 23.2 Å². The molecule has 2 aromatic heterocycles. The van der Waals surface area contributed by atoms with Gasteiger partial charge < -0.3 is 9.47 Å². The number of fused-ring (bicyclic) bond motifs is 1. The van der Waals surface area contributed by atoms with E-state index in [0.29, 0.717) is 29.8 Å². The first-order valence-corrected chi connectivity index (χ1v) is 10.7. The molecule has 0 saturated heterocycles. The smallest absolute Gasteiger partial charge is 0.348 e. The molecule has 0 amide bonds. The molecule has 0 aliphatic carbocycles. The quantitative estimate of drug-likeness (QED) is 0.392. The Morgan fingerprint density at radius 1 is 1.09 bits per heavy atom. The van der Waals surface area contributed by atoms with Gasteiger partial charge in [-0.15, -0.1) is 6.42 Å². The predicted molar refractivity (Wildman–Crippen MR) is 130 cm³/mol. The van der Waals surface area contributed by atoms with Gasteiger partial charge in [-0.2, -0.15) is 4.98 Å². The standard InChI is InChI=1S/C27H25N3O3/c1-5-14-33-22-11-12-24-23(15-22)26(21-9-7-20(8-10-21)18(2)3)29-27(31)30(24)17-19-6-13-25(32-4)28-16-19/h1,6-13,15-16,18H,14,17H2,2-4H3. The third kappa shape index (κ3) is 4.73. The molecule has 6 nitrogen and oxygen atoms in total. The number of benzene rings is 2. The molecule has 6 heteroatoms. The van der Waals surface area contributed by atoms with E-state index in [0.717, 1.165) is 22.0 Å². The van der Waals surface area contributed by atoms with Gasteiger partial charge in [-0.3, -0.25) is 4.57 Å². The van der Waals surface area contributed by atoms with Gasteiger partial charge >= 0.3 is 5.69 Å². The molecule has 0 aliphatic rings. The molecule has 0 spiro atoms. The minimum absolute atomic E-state index is 0.161. The molecular formula is C27H25N3O3. The van der Waals surface area contributed by atoms with E-state index >= 15 is 0 Å². The Morgan fingerprint density at radius 3 is 2.52 bits per heavy atom. The van der Waals surface area contributed by atoms with Crippen LogP contribution < -0.4 is 15.2 Å². The summed E-state index contributed by atoms with van der Waals surface area (Å²) in [5.74, 6) is 4.04. The molecule has 0 fully saturated rings. The molecule has 166 valence electrons. The van der Waals surface area contributed by atoms with Gasteiger partial charge in [0.15, 0.2) is 0 Å². The van der Waals surface area contributed by atoms with Gasteiger partial charge in [-0.1, -0.05) is 50.1 Å². The molecular weight excluding hydrogens is 414 g/mol. The van der Waals surface area contributed by atoms with Crippen molar-refractivity contribution in [3.05, 3.63) is 82.4 Å². The lowest BCUT2D eigenvalue weighted by molar-refractivity contribution is 0.371. The minimum Gasteiger partial charge on any atom is -0.481 e. The van der Waals surface area contributed by atoms with Crippen LogP contribution in [0.25, 0.3) is 22.2 Å². The Labute approximate surface area is 192 Å². The summed E-state index contributed by atoms with van der Waals surface area (Å²) < 4.78 is 12.4. The Balaban J connectivity index is 1.86. The highest BCUT2D eigenvalue weighted by Gasteiger charge is 2.14. The summed E-state index contributed by atoms with van der Waals surface area (Å²) in [5, 5.41) is 0.808. The van der Waals surface area contributed by atoms with Crippen molar-refractivity contribution in [1.82, 2.24) is 14.5 Å². The summed E-state index contributed by atoms with van der Waals surface area (Å²) >= 11 is 0. The maximum Gasteiger partial charge on any atom is 0.348 e. The van der Waals surface area contributed by atoms with Gasteiger partial charge in [0.25, 0.3) is 0 Å². The number of methoxy groups -OCH3 is 1. The van der Waals surface area contributed by atoms with Crippen molar-refractivity contribution in [3.8, 4) is 35.2 Å². The summed E-state index contributed by atoms with van der Waals surface area (Å²) in [6, 6.07) is 17.4. The number of aromatic nitrogens is 3. The lowest BCUT2D eigenvalue weighted by Crippen LogP contribution is -2.24. The normalized spacial score (nSPS) is 10.9. The predicted octanol–water partition coefficient (Wildman–Crippen LogP) is 4.65. The fraction of sp³-hybridized carbons (Fsp3) is 0.222. The number of rotatable bonds is 7. The molecule has 4 rings (SSSR count). The number of ether oxygens (including phenoxy) is 2. The van der Waals surface area contributed by atoms with Gasteiger partial charge in [-0.05, 0) is 35.2 Å². The second kappa shape index (κ2) is 9.58. The first kappa shape index (κ1) is 22.1. The third-order valence-electron chi connectivity index (χ3n) is 5.47. The van der Waals surface area contributed by atoms with Crippen molar-refractivity contribution in [2.45, 2.75) is 26.3 Å². The van der Waals surface area contributed by atoms with Crippen LogP contribution in [0.2, 0.25) is 0 Å². The van der Waals surface area contributed by atoms with Crippen molar-refractivity contribution in [1.29, 1.82) is 0 Å². The van der Waals surface area contributed by atoms with Crippen molar-refractivity contribution < 1.29 is 9.47 Å². The Bertz CT molecular complexity index is 1370. The van der Waals surface area contributed by atoms with Crippen LogP contribution in [0.3, 0.4) is 0 Å². The van der Waals surface area contributed by atoms with E-state index in [1.807, 2.05) is 36.4 Å². The number of hydrogen-bond acceptors (Lipinski definition) is 5. The highest BCUT2D eigenvalue weighted by atomic mass is 16.5. The van der Waals surface area contributed by atoms with Gasteiger partial charge in [0.05, 0.1) is 24.9 Å². The molecule has 0 N–H and O–H groups in total. The summed E-state index contributed by atoms with van der Waals surface area (Å²) in [6.45, 7) is 4.78. The first-order chi connectivity index (χ1) is 16.0. The summed E-state index contributed by atoms with van der Waals surface area (Å²) in [5.41, 5.74) is 3.99. The average molecular weight is 440 g/mol. The van der Waals surface area contributed by atoms with E-state index in [4.69, 9.17) is 15.9 Å². The van der Waals surface area contributed by atoms with Crippen molar-refractivity contribution in [2.24, 2.45) is 0 Å². The lowest BCUT2D eigenvalue weighted by atomic mass is 9.99. The van der Waals surface area contributed by atoms with Crippen LogP contribution in [0.4, 0.5) is 0 Å². The molecule has 0 atom stereocenters. The summed E-state index contributed by atoms with van der Waals surface area (Å²) in [6.07, 6.45) is 7.05. The zero-order valence-electron chi connectivity index (χ0n) is 18.9. The maximum atomic E-state index is 13.1. The molecule has 0 saturated carbocycles. The van der Waals surface area contributed by atoms with Crippen LogP contribution in [0.15, 0.2) is 65.6 Å². The molecule has 0 radical (unpaired) electrons. The number of terminal acetylenes is 1. The molecule has 0 aliphatic heterocycles. The van der Waals surface area contributed by atoms with Crippen LogP contribution in [0, 0.1) is 12.3 Å². The molecule has 33 heavy (non-hydrogen) atoms. The fourth-order valence-corrected chi connectivity index (χ4v) is 3.68. The zero-order valence-corrected chi connectivity index (χ0v) is 18.9. The average Bonchev–Trinajstić information content (AvgIpc) is 2.84. The highest BCUT2D eigenvalue weighted by Crippen LogP contribution is 2.30. The van der Waals surface area contributed by atoms with E-state index in [2.05, 4.69) is 41.9 Å². The largest absolute Gasteiger partial charge is 0.481 e. The lowest BCUT2D eigenvalue weighted by Gasteiger charge is -2.15. The number of hydrogen-bond donors (Lipinski definition) is 0. The van der Waals surface area contributed by atoms with Crippen molar-refractivity contribution >= 4 is 10.9 Å². The van der Waals surface area contributed by atoms with Crippen LogP contribution in [-0.4, -0.2) is 28.3 Å². The fourth-order valence-electron chi connectivity index (χ4n) is 3.68. The van der Waals surface area contributed by atoms with Crippen LogP contribution in [0.1, 0.15) is 30.9 Å².